The second-order valence-corrected chi connectivity index (χ2v) is 7.22. The van der Waals surface area contributed by atoms with Gasteiger partial charge in [0.15, 0.2) is 9.84 Å². The zero-order valence-electron chi connectivity index (χ0n) is 10.6. The van der Waals surface area contributed by atoms with Crippen LogP contribution in [0.3, 0.4) is 0 Å². The lowest BCUT2D eigenvalue weighted by Gasteiger charge is -2.23. The van der Waals surface area contributed by atoms with Crippen LogP contribution in [0.2, 0.25) is 0 Å². The van der Waals surface area contributed by atoms with Gasteiger partial charge in [-0.2, -0.15) is 0 Å². The maximum Gasteiger partial charge on any atom is 0.227 e. The molecule has 1 amide bonds. The minimum Gasteiger partial charge on any atom is -0.497 e. The predicted octanol–water partition coefficient (Wildman–Crippen LogP) is 0.845. The molecule has 5 nitrogen and oxygen atoms in total. The van der Waals surface area contributed by atoms with Gasteiger partial charge >= 0.3 is 0 Å². The summed E-state index contributed by atoms with van der Waals surface area (Å²) in [6.07, 6.45) is 0.329. The Kier molecular flexibility index (Phi) is 2.78. The lowest BCUT2D eigenvalue weighted by molar-refractivity contribution is -0.117. The number of amides is 1. The monoisotopic (exact) mass is 281 g/mol. The molecular weight excluding hydrogens is 266 g/mol. The third-order valence-electron chi connectivity index (χ3n) is 3.82. The molecule has 2 saturated heterocycles. The Balaban J connectivity index is 1.92. The van der Waals surface area contributed by atoms with E-state index < -0.39 is 9.84 Å². The van der Waals surface area contributed by atoms with E-state index in [1.807, 2.05) is 0 Å². The fourth-order valence-electron chi connectivity index (χ4n) is 2.97. The molecule has 1 aromatic carbocycles. The summed E-state index contributed by atoms with van der Waals surface area (Å²) in [5, 5.41) is 0. The van der Waals surface area contributed by atoms with Crippen LogP contribution in [0, 0.1) is 5.92 Å². The quantitative estimate of drug-likeness (QED) is 0.806. The molecule has 2 aliphatic heterocycles. The maximum absolute atomic E-state index is 12.1. The van der Waals surface area contributed by atoms with Gasteiger partial charge in [-0.3, -0.25) is 4.79 Å². The summed E-state index contributed by atoms with van der Waals surface area (Å²) in [7, 11) is -1.42. The highest BCUT2D eigenvalue weighted by molar-refractivity contribution is 7.91. The number of methoxy groups -OCH3 is 1. The minimum atomic E-state index is -3.00. The van der Waals surface area contributed by atoms with Crippen molar-refractivity contribution < 1.29 is 17.9 Å². The number of carbonyl (C=O) groups excluding carboxylic acids is 1. The first-order valence-corrected chi connectivity index (χ1v) is 7.99. The van der Waals surface area contributed by atoms with Crippen LogP contribution in [0.25, 0.3) is 0 Å². The number of hydrogen-bond donors (Lipinski definition) is 0. The maximum atomic E-state index is 12.1. The molecule has 2 aliphatic rings. The lowest BCUT2D eigenvalue weighted by Crippen LogP contribution is -2.36. The summed E-state index contributed by atoms with van der Waals surface area (Å²) in [4.78, 5) is 13.7. The van der Waals surface area contributed by atoms with Gasteiger partial charge in [0.1, 0.15) is 5.75 Å². The topological polar surface area (TPSA) is 63.7 Å². The molecule has 2 fully saturated rings. The largest absolute Gasteiger partial charge is 0.497 e. The van der Waals surface area contributed by atoms with Crippen molar-refractivity contribution in [1.29, 1.82) is 0 Å². The Morgan fingerprint density at radius 3 is 2.53 bits per heavy atom. The van der Waals surface area contributed by atoms with Crippen molar-refractivity contribution in [2.75, 3.05) is 23.5 Å². The third-order valence-corrected chi connectivity index (χ3v) is 5.61. The first-order valence-electron chi connectivity index (χ1n) is 6.17. The summed E-state index contributed by atoms with van der Waals surface area (Å²) in [6.45, 7) is 0. The molecule has 0 radical (unpaired) electrons. The van der Waals surface area contributed by atoms with Gasteiger partial charge in [0.05, 0.1) is 24.7 Å². The zero-order valence-corrected chi connectivity index (χ0v) is 11.4. The van der Waals surface area contributed by atoms with E-state index in [1.54, 1.807) is 36.3 Å². The number of nitrogens with zero attached hydrogens (tertiary/aromatic N) is 1. The van der Waals surface area contributed by atoms with Gasteiger partial charge in [-0.15, -0.1) is 0 Å². The summed E-state index contributed by atoms with van der Waals surface area (Å²) in [5.41, 5.74) is 0.746. The first kappa shape index (κ1) is 12.5. The molecule has 2 atom stereocenters. The van der Waals surface area contributed by atoms with Crippen LogP contribution in [-0.2, 0) is 14.6 Å². The second kappa shape index (κ2) is 4.23. The van der Waals surface area contributed by atoms with Crippen LogP contribution in [0.15, 0.2) is 24.3 Å². The van der Waals surface area contributed by atoms with E-state index in [1.165, 1.54) is 0 Å². The van der Waals surface area contributed by atoms with E-state index in [0.717, 1.165) is 5.69 Å². The number of hydrogen-bond acceptors (Lipinski definition) is 4. The SMILES string of the molecule is COc1ccc(N2C(=O)C[C@@H]3CS(=O)(=O)C[C@H]32)cc1. The molecular formula is C13H15NO4S. The molecule has 0 unspecified atom stereocenters. The van der Waals surface area contributed by atoms with E-state index in [2.05, 4.69) is 0 Å². The van der Waals surface area contributed by atoms with Crippen molar-refractivity contribution >= 4 is 21.4 Å². The van der Waals surface area contributed by atoms with Crippen LogP contribution >= 0.6 is 0 Å². The Morgan fingerprint density at radius 2 is 1.89 bits per heavy atom. The number of ether oxygens (including phenoxy) is 1. The molecule has 3 rings (SSSR count). The lowest BCUT2D eigenvalue weighted by atomic mass is 10.0. The number of benzene rings is 1. The molecule has 1 aromatic rings. The molecule has 19 heavy (non-hydrogen) atoms. The van der Waals surface area contributed by atoms with E-state index in [4.69, 9.17) is 4.74 Å². The van der Waals surface area contributed by atoms with Crippen molar-refractivity contribution in [1.82, 2.24) is 0 Å². The third kappa shape index (κ3) is 2.10. The van der Waals surface area contributed by atoms with Gasteiger partial charge in [0, 0.05) is 18.0 Å². The summed E-state index contributed by atoms with van der Waals surface area (Å²) < 4.78 is 28.4. The van der Waals surface area contributed by atoms with Crippen LogP contribution in [0.4, 0.5) is 5.69 Å². The number of fused-ring (bicyclic) bond motifs is 1. The van der Waals surface area contributed by atoms with Gasteiger partial charge in [0.25, 0.3) is 0 Å². The molecule has 0 N–H and O–H groups in total. The zero-order chi connectivity index (χ0) is 13.6. The Hall–Kier alpha value is -1.56. The number of sulfone groups is 1. The second-order valence-electron chi connectivity index (χ2n) is 5.07. The highest BCUT2D eigenvalue weighted by atomic mass is 32.2. The summed E-state index contributed by atoms with van der Waals surface area (Å²) >= 11 is 0. The van der Waals surface area contributed by atoms with Gasteiger partial charge in [-0.05, 0) is 24.3 Å². The first-order chi connectivity index (χ1) is 9.00. The van der Waals surface area contributed by atoms with Crippen LogP contribution < -0.4 is 9.64 Å². The van der Waals surface area contributed by atoms with Crippen molar-refractivity contribution in [3.63, 3.8) is 0 Å². The van der Waals surface area contributed by atoms with Gasteiger partial charge in [-0.25, -0.2) is 8.42 Å². The van der Waals surface area contributed by atoms with Crippen molar-refractivity contribution in [2.24, 2.45) is 5.92 Å². The van der Waals surface area contributed by atoms with Gasteiger partial charge < -0.3 is 9.64 Å². The van der Waals surface area contributed by atoms with Gasteiger partial charge in [0.2, 0.25) is 5.91 Å². The van der Waals surface area contributed by atoms with E-state index in [-0.39, 0.29) is 29.4 Å². The Bertz CT molecular complexity index is 608. The molecule has 0 spiro atoms. The Labute approximate surface area is 112 Å². The Morgan fingerprint density at radius 1 is 1.21 bits per heavy atom. The standard InChI is InChI=1S/C13H15NO4S/c1-18-11-4-2-10(3-5-11)14-12-8-19(16,17)7-9(12)6-13(14)15/h2-5,9,12H,6-8H2,1H3/t9-,12-/m1/s1. The molecule has 0 saturated carbocycles. The number of carbonyl (C=O) groups is 1. The van der Waals surface area contributed by atoms with Crippen LogP contribution in [0.5, 0.6) is 5.75 Å². The molecule has 0 bridgehead atoms. The molecule has 2 heterocycles. The average Bonchev–Trinajstić information content (AvgIpc) is 2.79. The van der Waals surface area contributed by atoms with Gasteiger partial charge in [-0.1, -0.05) is 0 Å². The van der Waals surface area contributed by atoms with Crippen molar-refractivity contribution in [3.05, 3.63) is 24.3 Å². The highest BCUT2D eigenvalue weighted by Gasteiger charge is 2.49. The normalized spacial score (nSPS) is 28.5. The summed E-state index contributed by atoms with van der Waals surface area (Å²) in [6, 6.07) is 6.94. The van der Waals surface area contributed by atoms with E-state index >= 15 is 0 Å². The predicted molar refractivity (Wildman–Crippen MR) is 71.0 cm³/mol. The average molecular weight is 281 g/mol. The molecule has 6 heteroatoms. The molecule has 102 valence electrons. The van der Waals surface area contributed by atoms with Crippen molar-refractivity contribution in [2.45, 2.75) is 12.5 Å². The number of anilines is 1. The number of rotatable bonds is 2. The fraction of sp³-hybridized carbons (Fsp3) is 0.462. The molecule has 0 aromatic heterocycles. The van der Waals surface area contributed by atoms with Crippen LogP contribution in [-0.4, -0.2) is 39.0 Å². The van der Waals surface area contributed by atoms with E-state index in [9.17, 15) is 13.2 Å². The minimum absolute atomic E-state index is 0.00932. The smallest absolute Gasteiger partial charge is 0.227 e. The molecule has 0 aliphatic carbocycles. The fourth-order valence-corrected chi connectivity index (χ4v) is 5.04. The van der Waals surface area contributed by atoms with Crippen LogP contribution in [0.1, 0.15) is 6.42 Å². The van der Waals surface area contributed by atoms with Crippen molar-refractivity contribution in [3.8, 4) is 5.75 Å². The highest BCUT2D eigenvalue weighted by Crippen LogP contribution is 2.37. The van der Waals surface area contributed by atoms with E-state index in [0.29, 0.717) is 12.2 Å². The summed E-state index contributed by atoms with van der Waals surface area (Å²) in [5.74, 6) is 0.881.